The van der Waals surface area contributed by atoms with Crippen LogP contribution in [-0.4, -0.2) is 13.1 Å². The molecule has 0 fully saturated rings. The van der Waals surface area contributed by atoms with Crippen molar-refractivity contribution in [3.05, 3.63) is 25.6 Å². The van der Waals surface area contributed by atoms with E-state index in [0.717, 1.165) is 0 Å². The third-order valence-corrected chi connectivity index (χ3v) is 0.308. The fourth-order valence-electron chi connectivity index (χ4n) is 0. The van der Waals surface area contributed by atoms with Crippen molar-refractivity contribution in [2.24, 2.45) is 0 Å². The Hall–Kier alpha value is -0.940. The topological polar surface area (TPSA) is 0 Å². The Balaban J connectivity index is -0.000000137. The Morgan fingerprint density at radius 2 is 1.17 bits per heavy atom. The minimum Gasteiger partial charge on any atom is -0.214 e. The van der Waals surface area contributed by atoms with Crippen LogP contribution in [0.5, 0.6) is 0 Å². The second-order valence-corrected chi connectivity index (χ2v) is 1.00. The molecule has 0 atom stereocenters. The summed E-state index contributed by atoms with van der Waals surface area (Å²) >= 11 is 0. The summed E-state index contributed by atoms with van der Waals surface area (Å²) in [5, 5.41) is 0. The summed E-state index contributed by atoms with van der Waals surface area (Å²) < 4.78 is 62.2. The molecule has 0 N–H and O–H groups in total. The fourth-order valence-corrected chi connectivity index (χ4v) is 0. The van der Waals surface area contributed by atoms with Gasteiger partial charge in [-0.05, 0) is 0 Å². The van der Waals surface area contributed by atoms with Crippen molar-refractivity contribution in [1.29, 1.82) is 0 Å². The maximum absolute atomic E-state index is 10.9. The SMILES string of the molecule is C=C.C=C(F)C(F)(F)F.FCF. The molecule has 0 aliphatic heterocycles. The van der Waals surface area contributed by atoms with E-state index in [-0.39, 0.29) is 0 Å². The normalized spacial score (nSPS) is 8.50. The molecule has 0 aliphatic rings. The van der Waals surface area contributed by atoms with Gasteiger partial charge in [0.25, 0.3) is 0 Å². The summed E-state index contributed by atoms with van der Waals surface area (Å²) in [5.74, 6) is -2.26. The van der Waals surface area contributed by atoms with Crippen LogP contribution in [0.1, 0.15) is 0 Å². The van der Waals surface area contributed by atoms with Crippen LogP contribution < -0.4 is 0 Å². The second kappa shape index (κ2) is 10.1. The molecule has 0 unspecified atom stereocenters. The van der Waals surface area contributed by atoms with Gasteiger partial charge >= 0.3 is 6.18 Å². The molecule has 0 aromatic rings. The number of halogens is 6. The molecule has 0 saturated heterocycles. The van der Waals surface area contributed by atoms with Crippen molar-refractivity contribution in [1.82, 2.24) is 0 Å². The molecule has 0 heterocycles. The predicted molar refractivity (Wildman–Crippen MR) is 34.6 cm³/mol. The highest BCUT2D eigenvalue weighted by molar-refractivity contribution is 4.88. The maximum Gasteiger partial charge on any atom is 0.442 e. The third kappa shape index (κ3) is 23.0. The molecule has 0 radical (unpaired) electrons. The van der Waals surface area contributed by atoms with E-state index in [0.29, 0.717) is 0 Å². The Labute approximate surface area is 66.2 Å². The molecular formula is C6H8F6. The molecule has 0 aromatic carbocycles. The van der Waals surface area contributed by atoms with Crippen LogP contribution in [0.2, 0.25) is 0 Å². The van der Waals surface area contributed by atoms with Gasteiger partial charge in [-0.1, -0.05) is 6.58 Å². The van der Waals surface area contributed by atoms with Crippen LogP contribution in [0, 0.1) is 0 Å². The van der Waals surface area contributed by atoms with Gasteiger partial charge in [0.1, 0.15) is 0 Å². The van der Waals surface area contributed by atoms with E-state index < -0.39 is 18.9 Å². The van der Waals surface area contributed by atoms with Crippen LogP contribution in [-0.2, 0) is 0 Å². The van der Waals surface area contributed by atoms with E-state index in [4.69, 9.17) is 0 Å². The molecule has 0 nitrogen and oxygen atoms in total. The number of rotatable bonds is 0. The predicted octanol–water partition coefficient (Wildman–Crippen LogP) is 3.72. The molecule has 0 bridgehead atoms. The van der Waals surface area contributed by atoms with E-state index in [1.54, 1.807) is 0 Å². The molecule has 12 heavy (non-hydrogen) atoms. The lowest BCUT2D eigenvalue weighted by molar-refractivity contribution is -0.108. The smallest absolute Gasteiger partial charge is 0.214 e. The summed E-state index contributed by atoms with van der Waals surface area (Å²) in [6.45, 7) is 6.28. The van der Waals surface area contributed by atoms with Crippen molar-refractivity contribution in [2.45, 2.75) is 6.18 Å². The average Bonchev–Trinajstić information content (AvgIpc) is 1.91. The molecule has 0 spiro atoms. The van der Waals surface area contributed by atoms with Crippen LogP contribution in [0.15, 0.2) is 25.6 Å². The van der Waals surface area contributed by atoms with Gasteiger partial charge in [0, 0.05) is 0 Å². The van der Waals surface area contributed by atoms with Crippen molar-refractivity contribution in [3.8, 4) is 0 Å². The number of allylic oxidation sites excluding steroid dienone is 1. The molecule has 74 valence electrons. The van der Waals surface area contributed by atoms with E-state index in [1.807, 2.05) is 6.58 Å². The minimum absolute atomic E-state index is 1.75. The highest BCUT2D eigenvalue weighted by Crippen LogP contribution is 2.23. The first-order valence-electron chi connectivity index (χ1n) is 2.39. The average molecular weight is 194 g/mol. The van der Waals surface area contributed by atoms with Crippen molar-refractivity contribution < 1.29 is 26.3 Å². The standard InChI is InChI=1S/C3H2F4.C2H4.CH2F2/c1-2(4)3(5,6)7;1-2;2-1-3/h1H2;1-2H2;1H2. The van der Waals surface area contributed by atoms with Gasteiger partial charge < -0.3 is 0 Å². The first-order valence-corrected chi connectivity index (χ1v) is 2.39. The lowest BCUT2D eigenvalue weighted by Crippen LogP contribution is -2.05. The Bertz CT molecular complexity index is 105. The first-order chi connectivity index (χ1) is 5.36. The van der Waals surface area contributed by atoms with E-state index in [2.05, 4.69) is 13.2 Å². The molecule has 0 aliphatic carbocycles. The van der Waals surface area contributed by atoms with E-state index >= 15 is 0 Å². The van der Waals surface area contributed by atoms with E-state index in [9.17, 15) is 26.3 Å². The van der Waals surface area contributed by atoms with Crippen molar-refractivity contribution >= 4 is 0 Å². The summed E-state index contributed by atoms with van der Waals surface area (Å²) in [6, 6.07) is 0. The quantitative estimate of drug-likeness (QED) is 0.407. The summed E-state index contributed by atoms with van der Waals surface area (Å²) in [5.41, 5.74) is 0. The molecule has 0 saturated carbocycles. The molecule has 0 aromatic heterocycles. The molecular weight excluding hydrogens is 186 g/mol. The van der Waals surface area contributed by atoms with Gasteiger partial charge in [-0.3, -0.25) is 0 Å². The number of hydrogen-bond donors (Lipinski definition) is 0. The van der Waals surface area contributed by atoms with E-state index in [1.165, 1.54) is 0 Å². The van der Waals surface area contributed by atoms with Crippen LogP contribution in [0.4, 0.5) is 26.3 Å². The lowest BCUT2D eigenvalue weighted by atomic mass is 10.6. The van der Waals surface area contributed by atoms with Crippen LogP contribution >= 0.6 is 0 Å². The summed E-state index contributed by atoms with van der Waals surface area (Å²) in [7, 11) is 0. The zero-order valence-electron chi connectivity index (χ0n) is 6.10. The Morgan fingerprint density at radius 1 is 1.08 bits per heavy atom. The largest absolute Gasteiger partial charge is 0.442 e. The zero-order chi connectivity index (χ0) is 10.8. The monoisotopic (exact) mass is 194 g/mol. The highest BCUT2D eigenvalue weighted by atomic mass is 19.4. The van der Waals surface area contributed by atoms with Crippen LogP contribution in [0.3, 0.4) is 0 Å². The van der Waals surface area contributed by atoms with Crippen molar-refractivity contribution in [2.75, 3.05) is 6.93 Å². The fraction of sp³-hybridized carbons (Fsp3) is 0.333. The second-order valence-electron chi connectivity index (χ2n) is 1.00. The number of hydrogen-bond acceptors (Lipinski definition) is 0. The summed E-state index contributed by atoms with van der Waals surface area (Å²) in [4.78, 5) is 0. The van der Waals surface area contributed by atoms with Gasteiger partial charge in [-0.2, -0.15) is 13.2 Å². The minimum atomic E-state index is -4.86. The highest BCUT2D eigenvalue weighted by Gasteiger charge is 2.32. The zero-order valence-corrected chi connectivity index (χ0v) is 6.10. The molecule has 0 amide bonds. The molecule has 0 rings (SSSR count). The van der Waals surface area contributed by atoms with Gasteiger partial charge in [0.2, 0.25) is 6.93 Å². The summed E-state index contributed by atoms with van der Waals surface area (Å²) in [6.07, 6.45) is -4.86. The van der Waals surface area contributed by atoms with Crippen LogP contribution in [0.25, 0.3) is 0 Å². The maximum atomic E-state index is 10.9. The van der Waals surface area contributed by atoms with Gasteiger partial charge in [0.05, 0.1) is 0 Å². The molecule has 6 heteroatoms. The number of alkyl halides is 5. The first kappa shape index (κ1) is 17.2. The van der Waals surface area contributed by atoms with Gasteiger partial charge in [0.15, 0.2) is 5.83 Å². The third-order valence-electron chi connectivity index (χ3n) is 0.308. The van der Waals surface area contributed by atoms with Crippen molar-refractivity contribution in [3.63, 3.8) is 0 Å². The van der Waals surface area contributed by atoms with Gasteiger partial charge in [-0.25, -0.2) is 13.2 Å². The lowest BCUT2D eigenvalue weighted by Gasteiger charge is -1.97. The Morgan fingerprint density at radius 3 is 1.17 bits per heavy atom. The Kier molecular flexibility index (Phi) is 14.4. The van der Waals surface area contributed by atoms with Gasteiger partial charge in [-0.15, -0.1) is 13.2 Å².